The summed E-state index contributed by atoms with van der Waals surface area (Å²) in [5.41, 5.74) is -2.46. The average Bonchev–Trinajstić information content (AvgIpc) is 3.34. The molecule has 1 aliphatic rings. The standard InChI is InChI=1S/C23H20F4N6O3/c24-18-3-1-2-17(23(25,26)27)19(18)32-16-5-4-15(30-11-16)10-31-21(35)22(6-7-36-12-22)33-20(34)14-8-28-13-29-9-14/h1-5,8-9,11,13,32H,6-7,10,12H2,(H,31,35)(H,33,34)/t22-/m0/s1. The largest absolute Gasteiger partial charge is 0.418 e. The summed E-state index contributed by atoms with van der Waals surface area (Å²) in [4.78, 5) is 37.2. The molecule has 1 aromatic carbocycles. The maximum absolute atomic E-state index is 14.1. The zero-order valence-corrected chi connectivity index (χ0v) is 18.6. The highest BCUT2D eigenvalue weighted by Crippen LogP contribution is 2.37. The number of nitrogens with zero attached hydrogens (tertiary/aromatic N) is 3. The molecule has 0 unspecified atom stereocenters. The lowest BCUT2D eigenvalue weighted by atomic mass is 9.96. The van der Waals surface area contributed by atoms with Crippen LogP contribution in [0.1, 0.15) is 28.0 Å². The smallest absolute Gasteiger partial charge is 0.378 e. The lowest BCUT2D eigenvalue weighted by Gasteiger charge is -2.27. The van der Waals surface area contributed by atoms with Crippen LogP contribution in [0.5, 0.6) is 0 Å². The van der Waals surface area contributed by atoms with Crippen molar-refractivity contribution < 1.29 is 31.9 Å². The van der Waals surface area contributed by atoms with Gasteiger partial charge in [-0.2, -0.15) is 13.2 Å². The van der Waals surface area contributed by atoms with E-state index in [1.165, 1.54) is 37.1 Å². The average molecular weight is 504 g/mol. The molecule has 3 heterocycles. The number of ether oxygens (including phenoxy) is 1. The summed E-state index contributed by atoms with van der Waals surface area (Å²) in [6, 6.07) is 5.54. The van der Waals surface area contributed by atoms with Crippen molar-refractivity contribution in [3.05, 3.63) is 77.9 Å². The molecular weight excluding hydrogens is 484 g/mol. The van der Waals surface area contributed by atoms with Crippen molar-refractivity contribution in [3.63, 3.8) is 0 Å². The van der Waals surface area contributed by atoms with E-state index < -0.39 is 40.6 Å². The van der Waals surface area contributed by atoms with Crippen LogP contribution in [0.15, 0.2) is 55.2 Å². The number of rotatable bonds is 7. The van der Waals surface area contributed by atoms with Crippen molar-refractivity contribution in [2.45, 2.75) is 24.7 Å². The number of carbonyl (C=O) groups excluding carboxylic acids is 2. The minimum Gasteiger partial charge on any atom is -0.378 e. The minimum atomic E-state index is -4.75. The molecule has 3 aromatic rings. The van der Waals surface area contributed by atoms with Crippen LogP contribution in [0.2, 0.25) is 0 Å². The fourth-order valence-corrected chi connectivity index (χ4v) is 3.58. The zero-order valence-electron chi connectivity index (χ0n) is 18.6. The minimum absolute atomic E-state index is 0.0290. The number of amides is 2. The van der Waals surface area contributed by atoms with Crippen LogP contribution in [-0.2, 0) is 22.3 Å². The number of anilines is 2. The van der Waals surface area contributed by atoms with Crippen molar-refractivity contribution in [1.29, 1.82) is 0 Å². The number of nitrogens with one attached hydrogen (secondary N) is 3. The number of benzene rings is 1. The molecule has 0 radical (unpaired) electrons. The van der Waals surface area contributed by atoms with Gasteiger partial charge >= 0.3 is 6.18 Å². The van der Waals surface area contributed by atoms with Gasteiger partial charge in [0.2, 0.25) is 5.91 Å². The van der Waals surface area contributed by atoms with E-state index in [1.54, 1.807) is 0 Å². The van der Waals surface area contributed by atoms with Crippen LogP contribution in [0.3, 0.4) is 0 Å². The first-order valence-electron chi connectivity index (χ1n) is 10.7. The van der Waals surface area contributed by atoms with Crippen molar-refractivity contribution in [2.24, 2.45) is 0 Å². The Morgan fingerprint density at radius 1 is 1.08 bits per heavy atom. The van der Waals surface area contributed by atoms with Gasteiger partial charge in [0.1, 0.15) is 17.7 Å². The molecule has 1 fully saturated rings. The Labute approximate surface area is 202 Å². The molecule has 0 spiro atoms. The van der Waals surface area contributed by atoms with Crippen molar-refractivity contribution in [2.75, 3.05) is 18.5 Å². The number of para-hydroxylation sites is 1. The van der Waals surface area contributed by atoms with Crippen molar-refractivity contribution >= 4 is 23.2 Å². The van der Waals surface area contributed by atoms with Gasteiger partial charge < -0.3 is 20.7 Å². The molecule has 1 saturated heterocycles. The van der Waals surface area contributed by atoms with Gasteiger partial charge in [0, 0.05) is 25.4 Å². The number of halogens is 4. The number of hydrogen-bond acceptors (Lipinski definition) is 7. The Hall–Kier alpha value is -4.13. The third-order valence-electron chi connectivity index (χ3n) is 5.48. The van der Waals surface area contributed by atoms with Crippen LogP contribution < -0.4 is 16.0 Å². The van der Waals surface area contributed by atoms with E-state index in [4.69, 9.17) is 4.74 Å². The van der Waals surface area contributed by atoms with Crippen LogP contribution in [0.25, 0.3) is 0 Å². The summed E-state index contributed by atoms with van der Waals surface area (Å²) in [6.45, 7) is 0.213. The highest BCUT2D eigenvalue weighted by molar-refractivity contribution is 5.99. The van der Waals surface area contributed by atoms with Gasteiger partial charge in [0.05, 0.1) is 47.5 Å². The van der Waals surface area contributed by atoms with E-state index in [1.807, 2.05) is 0 Å². The lowest BCUT2D eigenvalue weighted by molar-refractivity contribution is -0.137. The second-order valence-corrected chi connectivity index (χ2v) is 7.97. The molecule has 0 bridgehead atoms. The van der Waals surface area contributed by atoms with E-state index >= 15 is 0 Å². The number of aromatic nitrogens is 3. The molecule has 2 aromatic heterocycles. The number of carbonyl (C=O) groups is 2. The van der Waals surface area contributed by atoms with Crippen LogP contribution in [0, 0.1) is 5.82 Å². The first-order chi connectivity index (χ1) is 17.2. The normalized spacial score (nSPS) is 17.4. The Balaban J connectivity index is 1.41. The summed E-state index contributed by atoms with van der Waals surface area (Å²) in [5.74, 6) is -2.08. The molecule has 1 aliphatic heterocycles. The first-order valence-corrected chi connectivity index (χ1v) is 10.7. The maximum Gasteiger partial charge on any atom is 0.418 e. The fraction of sp³-hybridized carbons (Fsp3) is 0.261. The Bertz CT molecular complexity index is 1230. The molecule has 0 aliphatic carbocycles. The van der Waals surface area contributed by atoms with Gasteiger partial charge in [0.25, 0.3) is 5.91 Å². The van der Waals surface area contributed by atoms with Crippen molar-refractivity contribution in [1.82, 2.24) is 25.6 Å². The highest BCUT2D eigenvalue weighted by atomic mass is 19.4. The van der Waals surface area contributed by atoms with Crippen LogP contribution in [-0.4, -0.2) is 45.5 Å². The summed E-state index contributed by atoms with van der Waals surface area (Å²) < 4.78 is 59.0. The number of hydrogen-bond donors (Lipinski definition) is 3. The van der Waals surface area contributed by atoms with E-state index in [0.29, 0.717) is 5.69 Å². The van der Waals surface area contributed by atoms with Crippen LogP contribution >= 0.6 is 0 Å². The summed E-state index contributed by atoms with van der Waals surface area (Å²) in [5, 5.41) is 7.79. The second kappa shape index (κ2) is 10.2. The highest BCUT2D eigenvalue weighted by Gasteiger charge is 2.44. The van der Waals surface area contributed by atoms with Gasteiger partial charge in [-0.05, 0) is 24.3 Å². The van der Waals surface area contributed by atoms with Gasteiger partial charge in [-0.3, -0.25) is 14.6 Å². The van der Waals surface area contributed by atoms with Crippen molar-refractivity contribution in [3.8, 4) is 0 Å². The predicted molar refractivity (Wildman–Crippen MR) is 118 cm³/mol. The molecule has 188 valence electrons. The van der Waals surface area contributed by atoms with Gasteiger partial charge in [0.15, 0.2) is 0 Å². The Morgan fingerprint density at radius 2 is 1.86 bits per heavy atom. The maximum atomic E-state index is 14.1. The van der Waals surface area contributed by atoms with Gasteiger partial charge in [-0.15, -0.1) is 0 Å². The van der Waals surface area contributed by atoms with E-state index in [-0.39, 0.29) is 37.4 Å². The Kier molecular flexibility index (Phi) is 7.10. The molecule has 3 N–H and O–H groups in total. The quantitative estimate of drug-likeness (QED) is 0.424. The third-order valence-corrected chi connectivity index (χ3v) is 5.48. The summed E-state index contributed by atoms with van der Waals surface area (Å²) in [6.07, 6.45) is 0.644. The Morgan fingerprint density at radius 3 is 2.50 bits per heavy atom. The van der Waals surface area contributed by atoms with Gasteiger partial charge in [-0.1, -0.05) is 6.07 Å². The fourth-order valence-electron chi connectivity index (χ4n) is 3.58. The molecule has 2 amide bonds. The monoisotopic (exact) mass is 504 g/mol. The topological polar surface area (TPSA) is 118 Å². The molecule has 4 rings (SSSR count). The predicted octanol–water partition coefficient (Wildman–Crippen LogP) is 2.98. The SMILES string of the molecule is O=C(N[C@@]1(C(=O)NCc2ccc(Nc3c(F)cccc3C(F)(F)F)cn2)CCOC1)c1cncnc1. The molecular formula is C23H20F4N6O3. The lowest BCUT2D eigenvalue weighted by Crippen LogP contribution is -2.59. The number of pyridine rings is 1. The molecule has 1 atom stereocenters. The van der Waals surface area contributed by atoms with Crippen LogP contribution in [0.4, 0.5) is 28.9 Å². The van der Waals surface area contributed by atoms with E-state index in [9.17, 15) is 27.2 Å². The molecule has 9 nitrogen and oxygen atoms in total. The number of alkyl halides is 3. The molecule has 0 saturated carbocycles. The third kappa shape index (κ3) is 5.57. The van der Waals surface area contributed by atoms with E-state index in [0.717, 1.165) is 18.2 Å². The van der Waals surface area contributed by atoms with Gasteiger partial charge in [-0.25, -0.2) is 14.4 Å². The second-order valence-electron chi connectivity index (χ2n) is 7.97. The molecule has 36 heavy (non-hydrogen) atoms. The molecule has 13 heteroatoms. The first kappa shape index (κ1) is 25.0. The van der Waals surface area contributed by atoms with E-state index in [2.05, 4.69) is 30.9 Å². The zero-order chi connectivity index (χ0) is 25.8. The summed E-state index contributed by atoms with van der Waals surface area (Å²) in [7, 11) is 0. The summed E-state index contributed by atoms with van der Waals surface area (Å²) >= 11 is 0.